The molecule has 3 nitrogen and oxygen atoms in total. The number of alkyl halides is 3. The number of hydrogen-bond donors (Lipinski definition) is 2. The van der Waals surface area contributed by atoms with Crippen molar-refractivity contribution in [2.24, 2.45) is 0 Å². The van der Waals surface area contributed by atoms with Crippen molar-refractivity contribution in [3.05, 3.63) is 47.5 Å². The minimum absolute atomic E-state index is 0.000605. The lowest BCUT2D eigenvalue weighted by atomic mass is 10.1. The number of benzene rings is 1. The fraction of sp³-hybridized carbons (Fsp3) is 0.154. The number of pyridine rings is 1. The summed E-state index contributed by atoms with van der Waals surface area (Å²) in [6, 6.07) is 5.10. The van der Waals surface area contributed by atoms with Gasteiger partial charge in [0.2, 0.25) is 0 Å². The smallest absolute Gasteiger partial charge is 0.396 e. The maximum Gasteiger partial charge on any atom is 0.433 e. The van der Waals surface area contributed by atoms with Crippen LogP contribution >= 0.6 is 0 Å². The molecule has 7 heteroatoms. The highest BCUT2D eigenvalue weighted by atomic mass is 19.4. The third kappa shape index (κ3) is 2.81. The normalized spacial score (nSPS) is 11.4. The van der Waals surface area contributed by atoms with Gasteiger partial charge in [0.15, 0.2) is 0 Å². The van der Waals surface area contributed by atoms with Gasteiger partial charge in [-0.15, -0.1) is 0 Å². The van der Waals surface area contributed by atoms with E-state index in [1.54, 1.807) is 13.0 Å². The number of anilines is 3. The number of nitrogens with zero attached hydrogens (tertiary/aromatic N) is 1. The van der Waals surface area contributed by atoms with E-state index >= 15 is 0 Å². The van der Waals surface area contributed by atoms with Crippen molar-refractivity contribution in [1.29, 1.82) is 0 Å². The van der Waals surface area contributed by atoms with Gasteiger partial charge >= 0.3 is 6.18 Å². The standard InChI is InChI=1S/C13H11F4N3/c1-7-3-2-4-8(14)12(7)20-10-5-11(13(15,16)17)19-6-9(10)18/h2-6H,18H2,1H3,(H,19,20). The van der Waals surface area contributed by atoms with Crippen LogP contribution in [0.5, 0.6) is 0 Å². The summed E-state index contributed by atoms with van der Waals surface area (Å²) in [6.07, 6.45) is -3.70. The van der Waals surface area contributed by atoms with E-state index in [4.69, 9.17) is 5.73 Å². The van der Waals surface area contributed by atoms with Crippen molar-refractivity contribution < 1.29 is 17.6 Å². The lowest BCUT2D eigenvalue weighted by molar-refractivity contribution is -0.141. The Kier molecular flexibility index (Phi) is 3.52. The predicted octanol–water partition coefficient (Wildman–Crippen LogP) is 3.87. The second-order valence-electron chi connectivity index (χ2n) is 4.21. The zero-order valence-corrected chi connectivity index (χ0v) is 10.4. The topological polar surface area (TPSA) is 50.9 Å². The number of para-hydroxylation sites is 1. The molecule has 2 rings (SSSR count). The molecule has 106 valence electrons. The number of aryl methyl sites for hydroxylation is 1. The Hall–Kier alpha value is -2.31. The fourth-order valence-electron chi connectivity index (χ4n) is 1.65. The zero-order chi connectivity index (χ0) is 14.9. The van der Waals surface area contributed by atoms with Gasteiger partial charge in [-0.05, 0) is 24.6 Å². The number of nitrogens with one attached hydrogen (secondary N) is 1. The Morgan fingerprint density at radius 2 is 1.95 bits per heavy atom. The van der Waals surface area contributed by atoms with Gasteiger partial charge in [0, 0.05) is 0 Å². The Bertz CT molecular complexity index is 618. The fourth-order valence-corrected chi connectivity index (χ4v) is 1.65. The Morgan fingerprint density at radius 3 is 2.55 bits per heavy atom. The molecule has 1 heterocycles. The van der Waals surface area contributed by atoms with Gasteiger partial charge in [-0.1, -0.05) is 12.1 Å². The molecule has 0 aliphatic rings. The molecule has 0 radical (unpaired) electrons. The highest BCUT2D eigenvalue weighted by Crippen LogP contribution is 2.33. The monoisotopic (exact) mass is 285 g/mol. The van der Waals surface area contributed by atoms with E-state index < -0.39 is 17.7 Å². The summed E-state index contributed by atoms with van der Waals surface area (Å²) in [4.78, 5) is 3.21. The molecule has 0 saturated carbocycles. The maximum absolute atomic E-state index is 13.7. The van der Waals surface area contributed by atoms with Crippen LogP contribution in [0.2, 0.25) is 0 Å². The summed E-state index contributed by atoms with van der Waals surface area (Å²) < 4.78 is 51.4. The lowest BCUT2D eigenvalue weighted by Gasteiger charge is -2.14. The molecule has 2 aromatic rings. The molecule has 0 bridgehead atoms. The zero-order valence-electron chi connectivity index (χ0n) is 10.4. The molecule has 0 spiro atoms. The largest absolute Gasteiger partial charge is 0.433 e. The first-order valence-corrected chi connectivity index (χ1v) is 5.64. The van der Waals surface area contributed by atoms with Gasteiger partial charge in [-0.3, -0.25) is 0 Å². The van der Waals surface area contributed by atoms with Crippen molar-refractivity contribution >= 4 is 17.1 Å². The summed E-state index contributed by atoms with van der Waals surface area (Å²) in [5.41, 5.74) is 5.06. The van der Waals surface area contributed by atoms with Gasteiger partial charge in [-0.25, -0.2) is 9.37 Å². The average molecular weight is 285 g/mol. The van der Waals surface area contributed by atoms with E-state index in [0.29, 0.717) is 5.56 Å². The highest BCUT2D eigenvalue weighted by Gasteiger charge is 2.33. The number of nitrogens with two attached hydrogens (primary N) is 1. The predicted molar refractivity (Wildman–Crippen MR) is 68.1 cm³/mol. The quantitative estimate of drug-likeness (QED) is 0.823. The molecule has 1 aromatic heterocycles. The van der Waals surface area contributed by atoms with E-state index in [2.05, 4.69) is 10.3 Å². The van der Waals surface area contributed by atoms with Crippen LogP contribution in [-0.2, 0) is 6.18 Å². The van der Waals surface area contributed by atoms with Crippen LogP contribution in [0.25, 0.3) is 0 Å². The number of nitrogen functional groups attached to an aromatic ring is 1. The van der Waals surface area contributed by atoms with Crippen molar-refractivity contribution in [2.45, 2.75) is 13.1 Å². The van der Waals surface area contributed by atoms with Crippen LogP contribution in [0.3, 0.4) is 0 Å². The molecule has 3 N–H and O–H groups in total. The molecule has 0 atom stereocenters. The summed E-state index contributed by atoms with van der Waals surface area (Å²) in [7, 11) is 0. The molecule has 0 aliphatic carbocycles. The van der Waals surface area contributed by atoms with Gasteiger partial charge in [0.25, 0.3) is 0 Å². The van der Waals surface area contributed by atoms with Crippen LogP contribution in [0.4, 0.5) is 34.6 Å². The van der Waals surface area contributed by atoms with E-state index in [9.17, 15) is 17.6 Å². The summed E-state index contributed by atoms with van der Waals surface area (Å²) in [6.45, 7) is 1.63. The third-order valence-electron chi connectivity index (χ3n) is 2.71. The summed E-state index contributed by atoms with van der Waals surface area (Å²) >= 11 is 0. The van der Waals surface area contributed by atoms with Crippen LogP contribution in [-0.4, -0.2) is 4.98 Å². The van der Waals surface area contributed by atoms with Crippen molar-refractivity contribution in [2.75, 3.05) is 11.1 Å². The summed E-state index contributed by atoms with van der Waals surface area (Å²) in [5, 5.41) is 2.58. The average Bonchev–Trinajstić information content (AvgIpc) is 2.34. The summed E-state index contributed by atoms with van der Waals surface area (Å²) in [5.74, 6) is -0.574. The minimum atomic E-state index is -4.59. The van der Waals surface area contributed by atoms with Crippen LogP contribution in [0.15, 0.2) is 30.5 Å². The van der Waals surface area contributed by atoms with E-state index in [1.807, 2.05) is 0 Å². The molecule has 20 heavy (non-hydrogen) atoms. The Balaban J connectivity index is 2.43. The number of hydrogen-bond acceptors (Lipinski definition) is 3. The molecule has 0 unspecified atom stereocenters. The molecule has 0 amide bonds. The molecule has 1 aromatic carbocycles. The van der Waals surface area contributed by atoms with Crippen molar-refractivity contribution in [1.82, 2.24) is 4.98 Å². The van der Waals surface area contributed by atoms with Gasteiger partial charge < -0.3 is 11.1 Å². The second-order valence-corrected chi connectivity index (χ2v) is 4.21. The van der Waals surface area contributed by atoms with Gasteiger partial charge in [0.05, 0.1) is 23.3 Å². The first-order chi connectivity index (χ1) is 9.29. The molecular weight excluding hydrogens is 274 g/mol. The first kappa shape index (κ1) is 14.1. The van der Waals surface area contributed by atoms with Crippen molar-refractivity contribution in [3.63, 3.8) is 0 Å². The second kappa shape index (κ2) is 4.99. The Morgan fingerprint density at radius 1 is 1.25 bits per heavy atom. The molecule has 0 saturated heterocycles. The van der Waals surface area contributed by atoms with Crippen molar-refractivity contribution in [3.8, 4) is 0 Å². The van der Waals surface area contributed by atoms with E-state index in [1.165, 1.54) is 12.1 Å². The number of halogens is 4. The van der Waals surface area contributed by atoms with Crippen LogP contribution in [0.1, 0.15) is 11.3 Å². The SMILES string of the molecule is Cc1cccc(F)c1Nc1cc(C(F)(F)F)ncc1N. The Labute approximate surface area is 112 Å². The van der Waals surface area contributed by atoms with Crippen LogP contribution in [0, 0.1) is 12.7 Å². The minimum Gasteiger partial charge on any atom is -0.396 e. The molecule has 0 aliphatic heterocycles. The molecular formula is C13H11F4N3. The van der Waals surface area contributed by atoms with Crippen LogP contribution < -0.4 is 11.1 Å². The highest BCUT2D eigenvalue weighted by molar-refractivity contribution is 5.73. The maximum atomic E-state index is 13.7. The van der Waals surface area contributed by atoms with E-state index in [0.717, 1.165) is 12.3 Å². The van der Waals surface area contributed by atoms with Gasteiger partial charge in [-0.2, -0.15) is 13.2 Å². The van der Waals surface area contributed by atoms with Gasteiger partial charge in [0.1, 0.15) is 11.5 Å². The first-order valence-electron chi connectivity index (χ1n) is 5.64. The number of aromatic nitrogens is 1. The number of rotatable bonds is 2. The molecule has 0 fully saturated rings. The third-order valence-corrected chi connectivity index (χ3v) is 2.71. The van der Waals surface area contributed by atoms with E-state index in [-0.39, 0.29) is 17.1 Å². The lowest BCUT2D eigenvalue weighted by Crippen LogP contribution is -2.10.